The lowest BCUT2D eigenvalue weighted by atomic mass is 10.1. The molecule has 2 atom stereocenters. The molecule has 0 rings (SSSR count). The average Bonchev–Trinajstić information content (AvgIpc) is 2.00. The second-order valence-corrected chi connectivity index (χ2v) is 1.78. The lowest BCUT2D eigenvalue weighted by Gasteiger charge is -2.09. The standard InChI is InChI=1S/C5H9FO4/c6-5(3(9)1-7)4(10)2-8/h3,5,7-9H,1-2H2/t3-,5+/m1/s1. The molecule has 0 unspecified atom stereocenters. The van der Waals surface area contributed by atoms with E-state index in [0.717, 1.165) is 0 Å². The predicted molar refractivity (Wildman–Crippen MR) is 30.1 cm³/mol. The zero-order valence-electron chi connectivity index (χ0n) is 5.20. The SMILES string of the molecule is O=C(CO)[C@@H](F)[C@H](O)CO. The zero-order valence-corrected chi connectivity index (χ0v) is 5.20. The van der Waals surface area contributed by atoms with E-state index in [1.54, 1.807) is 0 Å². The lowest BCUT2D eigenvalue weighted by Crippen LogP contribution is -2.34. The largest absolute Gasteiger partial charge is 0.394 e. The molecule has 0 bridgehead atoms. The van der Waals surface area contributed by atoms with Gasteiger partial charge >= 0.3 is 0 Å². The van der Waals surface area contributed by atoms with Crippen LogP contribution in [0, 0.1) is 0 Å². The number of carbonyl (C=O) groups excluding carboxylic acids is 1. The predicted octanol–water partition coefficient (Wildman–Crippen LogP) is -1.76. The Bertz CT molecular complexity index is 116. The molecule has 60 valence electrons. The minimum atomic E-state index is -2.19. The minimum Gasteiger partial charge on any atom is -0.394 e. The van der Waals surface area contributed by atoms with Crippen molar-refractivity contribution >= 4 is 5.78 Å². The third kappa shape index (κ3) is 2.38. The van der Waals surface area contributed by atoms with Crippen molar-refractivity contribution in [2.75, 3.05) is 13.2 Å². The first-order valence-electron chi connectivity index (χ1n) is 2.70. The number of hydrogen-bond donors (Lipinski definition) is 3. The van der Waals surface area contributed by atoms with Gasteiger partial charge in [0.05, 0.1) is 6.61 Å². The second kappa shape index (κ2) is 4.32. The first-order valence-corrected chi connectivity index (χ1v) is 2.70. The molecule has 0 aromatic carbocycles. The van der Waals surface area contributed by atoms with Crippen LogP contribution in [-0.2, 0) is 4.79 Å². The van der Waals surface area contributed by atoms with Crippen molar-refractivity contribution in [3.8, 4) is 0 Å². The molecule has 0 spiro atoms. The van der Waals surface area contributed by atoms with E-state index in [9.17, 15) is 9.18 Å². The number of carbonyl (C=O) groups is 1. The maximum Gasteiger partial charge on any atom is 0.194 e. The lowest BCUT2D eigenvalue weighted by molar-refractivity contribution is -0.131. The monoisotopic (exact) mass is 152 g/mol. The van der Waals surface area contributed by atoms with Crippen LogP contribution in [0.3, 0.4) is 0 Å². The van der Waals surface area contributed by atoms with E-state index >= 15 is 0 Å². The normalized spacial score (nSPS) is 16.4. The molecule has 3 N–H and O–H groups in total. The third-order valence-corrected chi connectivity index (χ3v) is 0.988. The summed E-state index contributed by atoms with van der Waals surface area (Å²) in [5.74, 6) is -1.12. The highest BCUT2D eigenvalue weighted by Gasteiger charge is 2.24. The fourth-order valence-corrected chi connectivity index (χ4v) is 0.394. The molecule has 10 heavy (non-hydrogen) atoms. The highest BCUT2D eigenvalue weighted by atomic mass is 19.1. The van der Waals surface area contributed by atoms with Crippen LogP contribution in [-0.4, -0.2) is 46.6 Å². The molecule has 0 heterocycles. The molecule has 0 saturated heterocycles. The summed E-state index contributed by atoms with van der Waals surface area (Å²) in [6.45, 7) is -1.79. The van der Waals surface area contributed by atoms with Crippen molar-refractivity contribution in [3.05, 3.63) is 0 Å². The Morgan fingerprint density at radius 1 is 1.50 bits per heavy atom. The van der Waals surface area contributed by atoms with Crippen molar-refractivity contribution in [3.63, 3.8) is 0 Å². The van der Waals surface area contributed by atoms with Gasteiger partial charge in [0, 0.05) is 0 Å². The van der Waals surface area contributed by atoms with Crippen LogP contribution in [0.25, 0.3) is 0 Å². The van der Waals surface area contributed by atoms with E-state index in [1.807, 2.05) is 0 Å². The Morgan fingerprint density at radius 3 is 2.30 bits per heavy atom. The van der Waals surface area contributed by atoms with Gasteiger partial charge < -0.3 is 15.3 Å². The van der Waals surface area contributed by atoms with Crippen LogP contribution < -0.4 is 0 Å². The van der Waals surface area contributed by atoms with E-state index in [0.29, 0.717) is 0 Å². The van der Waals surface area contributed by atoms with Gasteiger partial charge in [-0.05, 0) is 0 Å². The van der Waals surface area contributed by atoms with Gasteiger partial charge in [-0.15, -0.1) is 0 Å². The van der Waals surface area contributed by atoms with Crippen LogP contribution in [0.4, 0.5) is 4.39 Å². The molecule has 0 aliphatic carbocycles. The smallest absolute Gasteiger partial charge is 0.194 e. The Balaban J connectivity index is 3.81. The molecule has 0 amide bonds. The summed E-state index contributed by atoms with van der Waals surface area (Å²) in [6, 6.07) is 0. The molecule has 0 radical (unpaired) electrons. The molecular formula is C5H9FO4. The summed E-state index contributed by atoms with van der Waals surface area (Å²) >= 11 is 0. The summed E-state index contributed by atoms with van der Waals surface area (Å²) in [6.07, 6.45) is -3.91. The van der Waals surface area contributed by atoms with Crippen molar-refractivity contribution in [2.24, 2.45) is 0 Å². The quantitative estimate of drug-likeness (QED) is 0.446. The number of halogens is 1. The number of Topliss-reactive ketones (excluding diaryl/α,β-unsaturated/α-hetero) is 1. The third-order valence-electron chi connectivity index (χ3n) is 0.988. The fourth-order valence-electron chi connectivity index (χ4n) is 0.394. The van der Waals surface area contributed by atoms with E-state index < -0.39 is 31.3 Å². The molecule has 0 fully saturated rings. The van der Waals surface area contributed by atoms with Crippen molar-refractivity contribution in [2.45, 2.75) is 12.3 Å². The summed E-state index contributed by atoms with van der Waals surface area (Å²) in [4.78, 5) is 10.2. The van der Waals surface area contributed by atoms with Gasteiger partial charge in [-0.25, -0.2) is 4.39 Å². The molecule has 4 nitrogen and oxygen atoms in total. The molecule has 0 aliphatic heterocycles. The number of aliphatic hydroxyl groups excluding tert-OH is 3. The fraction of sp³-hybridized carbons (Fsp3) is 0.800. The number of alkyl halides is 1. The van der Waals surface area contributed by atoms with Gasteiger partial charge in [0.25, 0.3) is 0 Å². The molecular weight excluding hydrogens is 143 g/mol. The molecule has 0 aromatic rings. The highest BCUT2D eigenvalue weighted by Crippen LogP contribution is 1.98. The minimum absolute atomic E-state index is 0.826. The number of ketones is 1. The van der Waals surface area contributed by atoms with Crippen molar-refractivity contribution in [1.82, 2.24) is 0 Å². The average molecular weight is 152 g/mol. The van der Waals surface area contributed by atoms with E-state index in [4.69, 9.17) is 15.3 Å². The van der Waals surface area contributed by atoms with Crippen molar-refractivity contribution in [1.29, 1.82) is 0 Å². The van der Waals surface area contributed by atoms with Crippen LogP contribution in [0.5, 0.6) is 0 Å². The van der Waals surface area contributed by atoms with Crippen LogP contribution >= 0.6 is 0 Å². The van der Waals surface area contributed by atoms with Gasteiger partial charge in [-0.1, -0.05) is 0 Å². The number of hydrogen-bond acceptors (Lipinski definition) is 4. The van der Waals surface area contributed by atoms with Gasteiger partial charge in [0.2, 0.25) is 0 Å². The van der Waals surface area contributed by atoms with Crippen LogP contribution in [0.2, 0.25) is 0 Å². The van der Waals surface area contributed by atoms with Crippen molar-refractivity contribution < 1.29 is 24.5 Å². The van der Waals surface area contributed by atoms with Gasteiger partial charge in [-0.3, -0.25) is 4.79 Å². The topological polar surface area (TPSA) is 77.8 Å². The van der Waals surface area contributed by atoms with Gasteiger partial charge in [-0.2, -0.15) is 0 Å². The second-order valence-electron chi connectivity index (χ2n) is 1.78. The highest BCUT2D eigenvalue weighted by molar-refractivity contribution is 5.84. The van der Waals surface area contributed by atoms with Crippen LogP contribution in [0.1, 0.15) is 0 Å². The molecule has 0 aliphatic rings. The Hall–Kier alpha value is -0.520. The van der Waals surface area contributed by atoms with Gasteiger partial charge in [0.1, 0.15) is 12.7 Å². The number of aliphatic hydroxyl groups is 3. The first-order chi connectivity index (χ1) is 4.63. The van der Waals surface area contributed by atoms with Crippen LogP contribution in [0.15, 0.2) is 0 Å². The Morgan fingerprint density at radius 2 is 2.00 bits per heavy atom. The summed E-state index contributed by atoms with van der Waals surface area (Å²) < 4.78 is 12.3. The first kappa shape index (κ1) is 9.48. The Kier molecular flexibility index (Phi) is 4.10. The summed E-state index contributed by atoms with van der Waals surface area (Å²) in [7, 11) is 0. The van der Waals surface area contributed by atoms with E-state index in [2.05, 4.69) is 0 Å². The maximum atomic E-state index is 12.3. The summed E-state index contributed by atoms with van der Waals surface area (Å²) in [5, 5.41) is 24.7. The zero-order chi connectivity index (χ0) is 8.15. The van der Waals surface area contributed by atoms with E-state index in [1.165, 1.54) is 0 Å². The molecule has 0 aromatic heterocycles. The summed E-state index contributed by atoms with van der Waals surface area (Å²) in [5.41, 5.74) is 0. The molecule has 5 heteroatoms. The Labute approximate surface area is 56.9 Å². The maximum absolute atomic E-state index is 12.3. The number of rotatable bonds is 4. The van der Waals surface area contributed by atoms with E-state index in [-0.39, 0.29) is 0 Å². The molecule has 0 saturated carbocycles. The van der Waals surface area contributed by atoms with Gasteiger partial charge in [0.15, 0.2) is 12.0 Å².